The third-order valence-electron chi connectivity index (χ3n) is 7.85. The minimum Gasteiger partial charge on any atom is -0.327 e. The smallest absolute Gasteiger partial charge is 0.246 e. The molecule has 0 fully saturated rings. The summed E-state index contributed by atoms with van der Waals surface area (Å²) in [7, 11) is 0. The van der Waals surface area contributed by atoms with Gasteiger partial charge >= 0.3 is 0 Å². The van der Waals surface area contributed by atoms with Crippen molar-refractivity contribution in [3.8, 4) is 0 Å². The molecule has 0 aliphatic rings. The van der Waals surface area contributed by atoms with Gasteiger partial charge in [-0.25, -0.2) is 87.8 Å². The molecule has 0 radical (unpaired) electrons. The number of rotatable bonds is 8. The zero-order valence-corrected chi connectivity index (χ0v) is 27.4. The van der Waals surface area contributed by atoms with Crippen LogP contribution in [0.2, 0.25) is 0 Å². The summed E-state index contributed by atoms with van der Waals surface area (Å²) in [5.74, 6) is -71.4. The molecule has 0 atom stereocenters. The molecule has 3 N–H and O–H groups in total. The van der Waals surface area contributed by atoms with Gasteiger partial charge in [0.25, 0.3) is 0 Å². The van der Waals surface area contributed by atoms with E-state index >= 15 is 35.1 Å². The molecule has 0 aliphatic carbocycles. The van der Waals surface area contributed by atoms with E-state index in [2.05, 4.69) is 12.7 Å². The lowest BCUT2D eigenvalue weighted by molar-refractivity contribution is -0.412. The molecule has 296 valence electrons. The quantitative estimate of drug-likeness (QED) is 0.0357. The largest absolute Gasteiger partial charge is 0.327 e. The zero-order chi connectivity index (χ0) is 41.7. The predicted molar refractivity (Wildman–Crippen MR) is 151 cm³/mol. The second-order valence-electron chi connectivity index (χ2n) is 11.1. The summed E-state index contributed by atoms with van der Waals surface area (Å²) in [6.45, 7) is 2.15. The maximum absolute atomic E-state index is 15.4. The van der Waals surface area contributed by atoms with Gasteiger partial charge in [0.2, 0.25) is 4.46 Å². The number of unbranched alkanes of at least 4 members (excludes halogenated alkanes) is 2. The summed E-state index contributed by atoms with van der Waals surface area (Å²) in [5, 5.41) is 0. The molecule has 0 unspecified atom stereocenters. The van der Waals surface area contributed by atoms with Crippen LogP contribution in [0.1, 0.15) is 32.6 Å². The van der Waals surface area contributed by atoms with Gasteiger partial charge in [-0.05, 0) is 29.6 Å². The maximum atomic E-state index is 15.4. The van der Waals surface area contributed by atoms with E-state index in [4.69, 9.17) is 23.2 Å². The Morgan fingerprint density at radius 3 is 0.667 bits per heavy atom. The van der Waals surface area contributed by atoms with Crippen LogP contribution in [0, 0.1) is 116 Å². The minimum absolute atomic E-state index is 0.755. The average molecular weight is 850 g/mol. The number of alkyl halides is 2. The first-order valence-electron chi connectivity index (χ1n) is 14.2. The SMILES string of the molecule is CCCCCC([NH3+])(Cl)Cl.Fc1c(F)c(F)c([B-](c2c(F)c(F)c(F)c(F)c2F)(c2c(F)c(F)c(F)c(F)c2F)c2c(F)c(F)c(F)c(F)c2F)c(F)c1F. The molecule has 0 amide bonds. The lowest BCUT2D eigenvalue weighted by atomic mass is 9.12. The van der Waals surface area contributed by atoms with Gasteiger partial charge in [-0.1, -0.05) is 19.8 Å². The van der Waals surface area contributed by atoms with E-state index in [9.17, 15) is 52.7 Å². The van der Waals surface area contributed by atoms with Crippen molar-refractivity contribution in [1.82, 2.24) is 0 Å². The summed E-state index contributed by atoms with van der Waals surface area (Å²) >= 11 is 11.2. The number of halogens is 22. The van der Waals surface area contributed by atoms with E-state index in [0.717, 1.165) is 12.8 Å². The first-order valence-corrected chi connectivity index (χ1v) is 15.0. The van der Waals surface area contributed by atoms with E-state index in [1.54, 1.807) is 0 Å². The Bertz CT molecular complexity index is 1760. The van der Waals surface area contributed by atoms with Crippen molar-refractivity contribution < 1.29 is 93.5 Å². The second-order valence-corrected chi connectivity index (χ2v) is 12.8. The van der Waals surface area contributed by atoms with Crippen molar-refractivity contribution in [3.63, 3.8) is 0 Å². The highest BCUT2D eigenvalue weighted by Gasteiger charge is 2.52. The van der Waals surface area contributed by atoms with Gasteiger partial charge in [-0.15, -0.1) is 21.9 Å². The maximum Gasteiger partial charge on any atom is 0.246 e. The lowest BCUT2D eigenvalue weighted by Gasteiger charge is -2.44. The fourth-order valence-electron chi connectivity index (χ4n) is 5.51. The number of hydrogen-bond acceptors (Lipinski definition) is 0. The normalized spacial score (nSPS) is 12.0. The Morgan fingerprint density at radius 1 is 0.352 bits per heavy atom. The summed E-state index contributed by atoms with van der Waals surface area (Å²) in [4.78, 5) is 0. The van der Waals surface area contributed by atoms with E-state index in [-0.39, 0.29) is 0 Å². The first-order chi connectivity index (χ1) is 24.8. The molecule has 0 aromatic heterocycles. The highest BCUT2D eigenvalue weighted by atomic mass is 35.5. The van der Waals surface area contributed by atoms with Crippen LogP contribution < -0.4 is 27.6 Å². The van der Waals surface area contributed by atoms with Gasteiger partial charge in [-0.2, -0.15) is 0 Å². The van der Waals surface area contributed by atoms with Crippen LogP contribution in [0.5, 0.6) is 0 Å². The van der Waals surface area contributed by atoms with Gasteiger partial charge in [0.05, 0.1) is 0 Å². The van der Waals surface area contributed by atoms with Crippen LogP contribution in [0.25, 0.3) is 0 Å². The van der Waals surface area contributed by atoms with Gasteiger partial charge in [0.15, 0.2) is 69.8 Å². The molecule has 0 aliphatic heterocycles. The molecule has 4 rings (SSSR count). The summed E-state index contributed by atoms with van der Waals surface area (Å²) in [6.07, 6.45) is -2.96. The van der Waals surface area contributed by atoms with Crippen LogP contribution in [0.15, 0.2) is 0 Å². The Kier molecular flexibility index (Phi) is 13.2. The molecule has 4 aromatic carbocycles. The molecular weight excluding hydrogens is 836 g/mol. The molecule has 24 heteroatoms. The van der Waals surface area contributed by atoms with E-state index in [1.165, 1.54) is 12.8 Å². The standard InChI is InChI=1S/C24BF20.C6H13Cl2N/c26-5-1(6(27)14(35)21(42)13(5)34)25(2-7(28)15(36)22(43)16(37)8(2)29,3-9(30)17(38)23(44)18(39)10(3)31)4-11(32)19(40)24(45)20(41)12(4)33;1-2-3-4-5-6(7,8)9/h;2-5,9H2,1H3/q-1;/p+1. The van der Waals surface area contributed by atoms with Crippen molar-refractivity contribution in [2.45, 2.75) is 37.1 Å². The van der Waals surface area contributed by atoms with Crippen LogP contribution in [-0.4, -0.2) is 10.6 Å². The molecule has 4 aromatic rings. The molecule has 0 spiro atoms. The Morgan fingerprint density at radius 2 is 0.519 bits per heavy atom. The molecule has 0 heterocycles. The lowest BCUT2D eigenvalue weighted by Crippen LogP contribution is -2.81. The van der Waals surface area contributed by atoms with E-state index < -0.39 is 149 Å². The van der Waals surface area contributed by atoms with Gasteiger partial charge in [-0.3, -0.25) is 0 Å². The Balaban J connectivity index is 0.000000772. The molecule has 54 heavy (non-hydrogen) atoms. The van der Waals surface area contributed by atoms with Crippen molar-refractivity contribution in [2.75, 3.05) is 0 Å². The van der Waals surface area contributed by atoms with Crippen LogP contribution >= 0.6 is 23.2 Å². The summed E-state index contributed by atoms with van der Waals surface area (Å²) in [5.41, 5.74) is -10.8. The van der Waals surface area contributed by atoms with Crippen LogP contribution in [0.3, 0.4) is 0 Å². The van der Waals surface area contributed by atoms with Crippen molar-refractivity contribution in [1.29, 1.82) is 0 Å². The summed E-state index contributed by atoms with van der Waals surface area (Å²) < 4.78 is 293. The molecular formula is C30H14BCl2F20N. The fourth-order valence-corrected chi connectivity index (χ4v) is 5.78. The highest BCUT2D eigenvalue weighted by Crippen LogP contribution is 2.30. The molecule has 0 saturated heterocycles. The highest BCUT2D eigenvalue weighted by molar-refractivity contribution is 7.20. The van der Waals surface area contributed by atoms with Crippen molar-refractivity contribution >= 4 is 51.2 Å². The second kappa shape index (κ2) is 16.1. The average Bonchev–Trinajstić information content (AvgIpc) is 3.11. The van der Waals surface area contributed by atoms with Crippen LogP contribution in [0.4, 0.5) is 87.8 Å². The van der Waals surface area contributed by atoms with Gasteiger partial charge in [0.1, 0.15) is 52.7 Å². The Hall–Kier alpha value is -3.92. The molecule has 1 nitrogen and oxygen atoms in total. The topological polar surface area (TPSA) is 27.6 Å². The third-order valence-corrected chi connectivity index (χ3v) is 8.23. The molecule has 0 bridgehead atoms. The van der Waals surface area contributed by atoms with Gasteiger partial charge < -0.3 is 5.73 Å². The van der Waals surface area contributed by atoms with E-state index in [1.807, 2.05) is 0 Å². The minimum atomic E-state index is -7.22. The van der Waals surface area contributed by atoms with Crippen molar-refractivity contribution in [3.05, 3.63) is 116 Å². The monoisotopic (exact) mass is 849 g/mol. The van der Waals surface area contributed by atoms with Crippen LogP contribution in [-0.2, 0) is 0 Å². The number of hydrogen-bond donors (Lipinski definition) is 1. The Labute approximate surface area is 298 Å². The van der Waals surface area contributed by atoms with Crippen molar-refractivity contribution in [2.24, 2.45) is 0 Å². The van der Waals surface area contributed by atoms with Gasteiger partial charge in [0, 0.05) is 6.42 Å². The fraction of sp³-hybridized carbons (Fsp3) is 0.200. The summed E-state index contributed by atoms with van der Waals surface area (Å²) in [6, 6.07) is 0. The number of quaternary nitrogens is 1. The first kappa shape index (κ1) is 44.5. The predicted octanol–water partition coefficient (Wildman–Crippen LogP) is 7.79. The number of benzene rings is 4. The molecule has 0 saturated carbocycles. The zero-order valence-electron chi connectivity index (χ0n) is 25.9. The third kappa shape index (κ3) is 7.15. The van der Waals surface area contributed by atoms with E-state index in [0.29, 0.717) is 0 Å².